The number of hydrogen-bond donors (Lipinski definition) is 1. The predicted octanol–water partition coefficient (Wildman–Crippen LogP) is 5.11. The number of nitrogens with one attached hydrogen (secondary N) is 1. The van der Waals surface area contributed by atoms with Crippen molar-refractivity contribution in [2.24, 2.45) is 5.92 Å². The Labute approximate surface area is 134 Å². The Morgan fingerprint density at radius 1 is 1.18 bits per heavy atom. The van der Waals surface area contributed by atoms with Crippen LogP contribution in [0.15, 0.2) is 42.5 Å². The first-order valence-corrected chi connectivity index (χ1v) is 8.03. The van der Waals surface area contributed by atoms with Gasteiger partial charge in [-0.1, -0.05) is 23.7 Å². The lowest BCUT2D eigenvalue weighted by atomic mass is 9.77. The molecule has 0 aliphatic carbocycles. The summed E-state index contributed by atoms with van der Waals surface area (Å²) in [4.78, 5) is 0. The van der Waals surface area contributed by atoms with Crippen molar-refractivity contribution in [1.82, 2.24) is 0 Å². The Balaban J connectivity index is 1.79. The summed E-state index contributed by atoms with van der Waals surface area (Å²) in [6.45, 7) is 0.736. The zero-order valence-corrected chi connectivity index (χ0v) is 12.8. The molecule has 2 aliphatic heterocycles. The Morgan fingerprint density at radius 3 is 2.95 bits per heavy atom. The minimum Gasteiger partial charge on any atom is -0.378 e. The Hall–Kier alpha value is -1.58. The summed E-state index contributed by atoms with van der Waals surface area (Å²) in [6.07, 6.45) is 2.04. The first-order valence-electron chi connectivity index (χ1n) is 7.65. The minimum atomic E-state index is -0.213. The summed E-state index contributed by atoms with van der Waals surface area (Å²) in [6, 6.07) is 13.0. The van der Waals surface area contributed by atoms with Crippen molar-refractivity contribution in [3.63, 3.8) is 0 Å². The SMILES string of the molecule is Fc1ccc2c(c1)[C@@H]1OCCC[C@@H]1[C@H](c1cccc(Cl)c1)N2. The number of benzene rings is 2. The summed E-state index contributed by atoms with van der Waals surface area (Å²) < 4.78 is 19.6. The van der Waals surface area contributed by atoms with Crippen molar-refractivity contribution in [1.29, 1.82) is 0 Å². The maximum absolute atomic E-state index is 13.6. The van der Waals surface area contributed by atoms with Crippen LogP contribution in [0.4, 0.5) is 10.1 Å². The van der Waals surface area contributed by atoms with E-state index in [2.05, 4.69) is 11.4 Å². The second-order valence-electron chi connectivity index (χ2n) is 6.01. The third kappa shape index (κ3) is 2.38. The van der Waals surface area contributed by atoms with Crippen molar-refractivity contribution in [2.75, 3.05) is 11.9 Å². The maximum Gasteiger partial charge on any atom is 0.123 e. The highest BCUT2D eigenvalue weighted by atomic mass is 35.5. The topological polar surface area (TPSA) is 21.3 Å². The van der Waals surface area contributed by atoms with Crippen molar-refractivity contribution in [2.45, 2.75) is 25.0 Å². The van der Waals surface area contributed by atoms with Gasteiger partial charge in [-0.15, -0.1) is 0 Å². The lowest BCUT2D eigenvalue weighted by molar-refractivity contribution is -0.0382. The Bertz CT molecular complexity index is 705. The zero-order chi connectivity index (χ0) is 15.1. The fourth-order valence-electron chi connectivity index (χ4n) is 3.67. The van der Waals surface area contributed by atoms with E-state index in [1.165, 1.54) is 6.07 Å². The molecule has 1 fully saturated rings. The van der Waals surface area contributed by atoms with E-state index in [1.807, 2.05) is 18.2 Å². The molecule has 3 atom stereocenters. The molecule has 0 spiro atoms. The lowest BCUT2D eigenvalue weighted by Gasteiger charge is -2.43. The maximum atomic E-state index is 13.6. The van der Waals surface area contributed by atoms with Crippen LogP contribution in [0.2, 0.25) is 5.02 Å². The molecule has 4 heteroatoms. The molecular weight excluding hydrogens is 301 g/mol. The normalized spacial score (nSPS) is 26.7. The molecule has 0 unspecified atom stereocenters. The van der Waals surface area contributed by atoms with E-state index in [9.17, 15) is 4.39 Å². The number of rotatable bonds is 1. The molecule has 0 radical (unpaired) electrons. The van der Waals surface area contributed by atoms with Gasteiger partial charge in [-0.3, -0.25) is 0 Å². The minimum absolute atomic E-state index is 0.0512. The van der Waals surface area contributed by atoms with Gasteiger partial charge in [0.2, 0.25) is 0 Å². The summed E-state index contributed by atoms with van der Waals surface area (Å²) in [5.41, 5.74) is 3.04. The highest BCUT2D eigenvalue weighted by molar-refractivity contribution is 6.30. The molecule has 2 aromatic rings. The number of anilines is 1. The van der Waals surface area contributed by atoms with Crippen LogP contribution < -0.4 is 5.32 Å². The zero-order valence-electron chi connectivity index (χ0n) is 12.1. The van der Waals surface area contributed by atoms with Crippen molar-refractivity contribution < 1.29 is 9.13 Å². The fourth-order valence-corrected chi connectivity index (χ4v) is 3.87. The van der Waals surface area contributed by atoms with Crippen LogP contribution in [0.1, 0.15) is 36.1 Å². The molecule has 2 heterocycles. The van der Waals surface area contributed by atoms with Gasteiger partial charge in [0.25, 0.3) is 0 Å². The van der Waals surface area contributed by atoms with Crippen LogP contribution in [0.25, 0.3) is 0 Å². The van der Waals surface area contributed by atoms with E-state index >= 15 is 0 Å². The Kier molecular flexibility index (Phi) is 3.55. The summed E-state index contributed by atoms with van der Waals surface area (Å²) in [7, 11) is 0. The molecule has 0 amide bonds. The molecule has 0 aromatic heterocycles. The van der Waals surface area contributed by atoms with Crippen LogP contribution in [0.5, 0.6) is 0 Å². The molecule has 114 valence electrons. The van der Waals surface area contributed by atoms with Gasteiger partial charge in [0.1, 0.15) is 5.82 Å². The Morgan fingerprint density at radius 2 is 2.09 bits per heavy atom. The van der Waals surface area contributed by atoms with Crippen LogP contribution in [-0.4, -0.2) is 6.61 Å². The summed E-state index contributed by atoms with van der Waals surface area (Å²) in [5.74, 6) is 0.0798. The molecule has 1 N–H and O–H groups in total. The number of ether oxygens (including phenoxy) is 1. The van der Waals surface area contributed by atoms with Crippen LogP contribution in [0, 0.1) is 11.7 Å². The van der Waals surface area contributed by atoms with E-state index < -0.39 is 0 Å². The van der Waals surface area contributed by atoms with Crippen molar-refractivity contribution in [3.8, 4) is 0 Å². The van der Waals surface area contributed by atoms with Crippen LogP contribution >= 0.6 is 11.6 Å². The van der Waals surface area contributed by atoms with E-state index in [0.717, 1.165) is 41.3 Å². The highest BCUT2D eigenvalue weighted by Gasteiger charge is 2.39. The van der Waals surface area contributed by atoms with Crippen LogP contribution in [0.3, 0.4) is 0 Å². The molecule has 22 heavy (non-hydrogen) atoms. The highest BCUT2D eigenvalue weighted by Crippen LogP contribution is 2.49. The third-order valence-corrected chi connectivity index (χ3v) is 4.87. The molecule has 2 aliphatic rings. The van der Waals surface area contributed by atoms with Crippen molar-refractivity contribution >= 4 is 17.3 Å². The quantitative estimate of drug-likeness (QED) is 0.788. The summed E-state index contributed by atoms with van der Waals surface area (Å²) >= 11 is 6.15. The molecule has 0 bridgehead atoms. The first-order chi connectivity index (χ1) is 10.7. The molecule has 0 saturated carbocycles. The van der Waals surface area contributed by atoms with Gasteiger partial charge >= 0.3 is 0 Å². The van der Waals surface area contributed by atoms with Gasteiger partial charge in [-0.2, -0.15) is 0 Å². The first kappa shape index (κ1) is 14.0. The molecule has 4 rings (SSSR count). The van der Waals surface area contributed by atoms with Gasteiger partial charge in [0, 0.05) is 28.8 Å². The molecule has 2 nitrogen and oxygen atoms in total. The molecule has 1 saturated heterocycles. The van der Waals surface area contributed by atoms with E-state index in [-0.39, 0.29) is 18.0 Å². The molecule has 2 aromatic carbocycles. The van der Waals surface area contributed by atoms with Gasteiger partial charge in [-0.25, -0.2) is 4.39 Å². The second kappa shape index (κ2) is 5.56. The number of hydrogen-bond acceptors (Lipinski definition) is 2. The largest absolute Gasteiger partial charge is 0.378 e. The summed E-state index contributed by atoms with van der Waals surface area (Å²) in [5, 5.41) is 4.30. The lowest BCUT2D eigenvalue weighted by Crippen LogP contribution is -2.36. The average molecular weight is 318 g/mol. The standard InChI is InChI=1S/C18H17ClFNO/c19-12-4-1-3-11(9-12)17-14-5-2-8-22-18(14)15-10-13(20)6-7-16(15)21-17/h1,3-4,6-7,9-10,14,17-18,21H,2,5,8H2/t14-,17+,18-/m1/s1. The van der Waals surface area contributed by atoms with Gasteiger partial charge in [-0.05, 0) is 48.7 Å². The second-order valence-corrected chi connectivity index (χ2v) is 6.44. The average Bonchev–Trinajstić information content (AvgIpc) is 2.54. The number of fused-ring (bicyclic) bond motifs is 3. The van der Waals surface area contributed by atoms with E-state index in [4.69, 9.17) is 16.3 Å². The smallest absolute Gasteiger partial charge is 0.123 e. The monoisotopic (exact) mass is 317 g/mol. The van der Waals surface area contributed by atoms with Gasteiger partial charge in [0.15, 0.2) is 0 Å². The third-order valence-electron chi connectivity index (χ3n) is 4.64. The molecular formula is C18H17ClFNO. The van der Waals surface area contributed by atoms with E-state index in [1.54, 1.807) is 12.1 Å². The van der Waals surface area contributed by atoms with Gasteiger partial charge < -0.3 is 10.1 Å². The predicted molar refractivity (Wildman–Crippen MR) is 85.6 cm³/mol. The number of halogens is 2. The van der Waals surface area contributed by atoms with Gasteiger partial charge in [0.05, 0.1) is 12.1 Å². The fraction of sp³-hybridized carbons (Fsp3) is 0.333. The van der Waals surface area contributed by atoms with Crippen LogP contribution in [-0.2, 0) is 4.74 Å². The van der Waals surface area contributed by atoms with Crippen molar-refractivity contribution in [3.05, 3.63) is 64.4 Å². The van der Waals surface area contributed by atoms with E-state index in [0.29, 0.717) is 5.92 Å².